The summed E-state index contributed by atoms with van der Waals surface area (Å²) >= 11 is 1.98. The van der Waals surface area contributed by atoms with E-state index in [4.69, 9.17) is 0 Å². The first-order valence-electron chi connectivity index (χ1n) is 5.86. The van der Waals surface area contributed by atoms with E-state index in [9.17, 15) is 4.39 Å². The normalized spacial score (nSPS) is 10.6. The molecule has 0 radical (unpaired) electrons. The van der Waals surface area contributed by atoms with Gasteiger partial charge in [-0.1, -0.05) is 19.1 Å². The summed E-state index contributed by atoms with van der Waals surface area (Å²) < 4.78 is 12.6. The predicted octanol–water partition coefficient (Wildman–Crippen LogP) is 3.10. The third kappa shape index (κ3) is 6.13. The molecule has 1 aromatic carbocycles. The van der Waals surface area contributed by atoms with Crippen molar-refractivity contribution in [2.45, 2.75) is 19.8 Å². The largest absolute Gasteiger partial charge is 0.316 e. The highest BCUT2D eigenvalue weighted by Crippen LogP contribution is 2.03. The average molecular weight is 241 g/mol. The maximum absolute atomic E-state index is 12.6. The Morgan fingerprint density at radius 3 is 2.62 bits per heavy atom. The van der Waals surface area contributed by atoms with Crippen LogP contribution in [-0.4, -0.2) is 24.6 Å². The van der Waals surface area contributed by atoms with Crippen molar-refractivity contribution >= 4 is 11.8 Å². The molecule has 0 saturated heterocycles. The van der Waals surface area contributed by atoms with Gasteiger partial charge >= 0.3 is 0 Å². The number of thioether (sulfide) groups is 1. The second-order valence-electron chi connectivity index (χ2n) is 3.68. The van der Waals surface area contributed by atoms with E-state index < -0.39 is 0 Å². The van der Waals surface area contributed by atoms with Gasteiger partial charge in [-0.2, -0.15) is 11.8 Å². The van der Waals surface area contributed by atoms with Gasteiger partial charge in [0, 0.05) is 0 Å². The lowest BCUT2D eigenvalue weighted by Gasteiger charge is -2.04. The second-order valence-corrected chi connectivity index (χ2v) is 5.07. The molecule has 0 heterocycles. The first-order valence-corrected chi connectivity index (χ1v) is 7.01. The van der Waals surface area contributed by atoms with E-state index in [0.717, 1.165) is 19.5 Å². The number of hydrogen-bond donors (Lipinski definition) is 1. The van der Waals surface area contributed by atoms with Gasteiger partial charge in [0.15, 0.2) is 0 Å². The minimum atomic E-state index is -0.159. The summed E-state index contributed by atoms with van der Waals surface area (Å²) in [5.74, 6) is 2.28. The molecule has 0 aliphatic rings. The van der Waals surface area contributed by atoms with Gasteiger partial charge in [0.2, 0.25) is 0 Å². The van der Waals surface area contributed by atoms with Gasteiger partial charge in [-0.15, -0.1) is 0 Å². The van der Waals surface area contributed by atoms with Gasteiger partial charge in [0.05, 0.1) is 0 Å². The van der Waals surface area contributed by atoms with Crippen LogP contribution in [-0.2, 0) is 6.42 Å². The number of benzene rings is 1. The van der Waals surface area contributed by atoms with E-state index in [1.54, 1.807) is 0 Å². The SMILES string of the molecule is CCSCCCNCCc1ccc(F)cc1. The van der Waals surface area contributed by atoms with Crippen LogP contribution in [0.4, 0.5) is 4.39 Å². The molecule has 0 aromatic heterocycles. The Bertz CT molecular complexity index is 274. The molecule has 0 unspecified atom stereocenters. The van der Waals surface area contributed by atoms with Crippen molar-refractivity contribution in [3.8, 4) is 0 Å². The summed E-state index contributed by atoms with van der Waals surface area (Å²) in [6.07, 6.45) is 2.20. The molecule has 1 N–H and O–H groups in total. The summed E-state index contributed by atoms with van der Waals surface area (Å²) in [4.78, 5) is 0. The van der Waals surface area contributed by atoms with Crippen LogP contribution in [0.2, 0.25) is 0 Å². The van der Waals surface area contributed by atoms with E-state index in [1.165, 1.54) is 35.6 Å². The topological polar surface area (TPSA) is 12.0 Å². The number of hydrogen-bond acceptors (Lipinski definition) is 2. The Morgan fingerprint density at radius 2 is 1.94 bits per heavy atom. The van der Waals surface area contributed by atoms with Crippen molar-refractivity contribution in [3.63, 3.8) is 0 Å². The molecule has 1 aromatic rings. The maximum atomic E-state index is 12.6. The molecular formula is C13H20FNS. The fourth-order valence-electron chi connectivity index (χ4n) is 1.45. The molecular weight excluding hydrogens is 221 g/mol. The highest BCUT2D eigenvalue weighted by molar-refractivity contribution is 7.99. The Hall–Kier alpha value is -0.540. The third-order valence-corrected chi connectivity index (χ3v) is 3.34. The summed E-state index contributed by atoms with van der Waals surface area (Å²) in [6, 6.07) is 6.74. The number of rotatable bonds is 8. The zero-order valence-electron chi connectivity index (χ0n) is 9.84. The van der Waals surface area contributed by atoms with Crippen LogP contribution in [0, 0.1) is 5.82 Å². The van der Waals surface area contributed by atoms with Gasteiger partial charge in [-0.25, -0.2) is 4.39 Å². The first kappa shape index (κ1) is 13.5. The molecule has 0 aliphatic carbocycles. The smallest absolute Gasteiger partial charge is 0.123 e. The van der Waals surface area contributed by atoms with E-state index in [2.05, 4.69) is 12.2 Å². The van der Waals surface area contributed by atoms with Gasteiger partial charge in [0.25, 0.3) is 0 Å². The summed E-state index contributed by atoms with van der Waals surface area (Å²) in [5, 5.41) is 3.40. The lowest BCUT2D eigenvalue weighted by atomic mass is 10.1. The standard InChI is InChI=1S/C13H20FNS/c1-2-16-11-3-9-15-10-8-12-4-6-13(14)7-5-12/h4-7,15H,2-3,8-11H2,1H3. The van der Waals surface area contributed by atoms with Crippen LogP contribution in [0.15, 0.2) is 24.3 Å². The summed E-state index contributed by atoms with van der Waals surface area (Å²) in [6.45, 7) is 4.24. The van der Waals surface area contributed by atoms with Gasteiger partial charge in [-0.05, 0) is 55.1 Å². The molecule has 0 amide bonds. The number of halogens is 1. The molecule has 0 saturated carbocycles. The minimum absolute atomic E-state index is 0.159. The molecule has 1 rings (SSSR count). The van der Waals surface area contributed by atoms with E-state index in [-0.39, 0.29) is 5.82 Å². The third-order valence-electron chi connectivity index (χ3n) is 2.35. The zero-order chi connectivity index (χ0) is 11.6. The molecule has 0 bridgehead atoms. The molecule has 0 fully saturated rings. The monoisotopic (exact) mass is 241 g/mol. The van der Waals surface area contributed by atoms with E-state index in [0.29, 0.717) is 0 Å². The predicted molar refractivity (Wildman–Crippen MR) is 70.6 cm³/mol. The van der Waals surface area contributed by atoms with Crippen molar-refractivity contribution in [2.75, 3.05) is 24.6 Å². The Morgan fingerprint density at radius 1 is 1.19 bits per heavy atom. The Kier molecular flexibility index (Phi) is 7.26. The molecule has 0 aliphatic heterocycles. The highest BCUT2D eigenvalue weighted by Gasteiger charge is 1.94. The second kappa shape index (κ2) is 8.59. The Balaban J connectivity index is 2.01. The van der Waals surface area contributed by atoms with Crippen molar-refractivity contribution in [3.05, 3.63) is 35.6 Å². The van der Waals surface area contributed by atoms with E-state index in [1.807, 2.05) is 23.9 Å². The van der Waals surface area contributed by atoms with Crippen LogP contribution in [0.1, 0.15) is 18.9 Å². The lowest BCUT2D eigenvalue weighted by Crippen LogP contribution is -2.19. The van der Waals surface area contributed by atoms with Crippen molar-refractivity contribution < 1.29 is 4.39 Å². The fraction of sp³-hybridized carbons (Fsp3) is 0.538. The van der Waals surface area contributed by atoms with Crippen molar-refractivity contribution in [1.82, 2.24) is 5.32 Å². The average Bonchev–Trinajstić information content (AvgIpc) is 2.30. The molecule has 16 heavy (non-hydrogen) atoms. The van der Waals surface area contributed by atoms with Gasteiger partial charge < -0.3 is 5.32 Å². The van der Waals surface area contributed by atoms with Crippen LogP contribution >= 0.6 is 11.8 Å². The van der Waals surface area contributed by atoms with E-state index >= 15 is 0 Å². The lowest BCUT2D eigenvalue weighted by molar-refractivity contribution is 0.625. The molecule has 0 atom stereocenters. The summed E-state index contributed by atoms with van der Waals surface area (Å²) in [5.41, 5.74) is 1.19. The molecule has 0 spiro atoms. The number of nitrogens with one attached hydrogen (secondary N) is 1. The Labute approximate surface area is 102 Å². The van der Waals surface area contributed by atoms with Crippen LogP contribution in [0.25, 0.3) is 0 Å². The molecule has 3 heteroatoms. The zero-order valence-corrected chi connectivity index (χ0v) is 10.7. The molecule has 1 nitrogen and oxygen atoms in total. The highest BCUT2D eigenvalue weighted by atomic mass is 32.2. The first-order chi connectivity index (χ1) is 7.83. The molecule has 90 valence electrons. The van der Waals surface area contributed by atoms with Gasteiger partial charge in [-0.3, -0.25) is 0 Å². The van der Waals surface area contributed by atoms with Gasteiger partial charge in [0.1, 0.15) is 5.82 Å². The van der Waals surface area contributed by atoms with Crippen LogP contribution in [0.3, 0.4) is 0 Å². The van der Waals surface area contributed by atoms with Crippen LogP contribution < -0.4 is 5.32 Å². The minimum Gasteiger partial charge on any atom is -0.316 e. The van der Waals surface area contributed by atoms with Crippen molar-refractivity contribution in [2.24, 2.45) is 0 Å². The quantitative estimate of drug-likeness (QED) is 0.702. The van der Waals surface area contributed by atoms with Crippen LogP contribution in [0.5, 0.6) is 0 Å². The van der Waals surface area contributed by atoms with Crippen molar-refractivity contribution in [1.29, 1.82) is 0 Å². The maximum Gasteiger partial charge on any atom is 0.123 e. The summed E-state index contributed by atoms with van der Waals surface area (Å²) in [7, 11) is 0. The fourth-order valence-corrected chi connectivity index (χ4v) is 2.09.